The second kappa shape index (κ2) is 6.81. The fourth-order valence-electron chi connectivity index (χ4n) is 1.21. The lowest BCUT2D eigenvalue weighted by atomic mass is 10.0. The third-order valence-corrected chi connectivity index (χ3v) is 2.13. The molecule has 6 heteroatoms. The van der Waals surface area contributed by atoms with Crippen LogP contribution in [0.3, 0.4) is 0 Å². The van der Waals surface area contributed by atoms with Gasteiger partial charge in [-0.1, -0.05) is 6.92 Å². The number of amides is 2. The van der Waals surface area contributed by atoms with Crippen LogP contribution in [0.2, 0.25) is 0 Å². The van der Waals surface area contributed by atoms with Crippen molar-refractivity contribution in [2.75, 3.05) is 20.6 Å². The number of hydrogen-bond donors (Lipinski definition) is 2. The van der Waals surface area contributed by atoms with E-state index in [1.807, 2.05) is 0 Å². The predicted molar refractivity (Wildman–Crippen MR) is 57.7 cm³/mol. The highest BCUT2D eigenvalue weighted by atomic mass is 16.4. The summed E-state index contributed by atoms with van der Waals surface area (Å²) in [6.07, 6.45) is 0.0966. The Hall–Kier alpha value is -1.59. The molecule has 0 saturated heterocycles. The van der Waals surface area contributed by atoms with Crippen molar-refractivity contribution < 1.29 is 19.5 Å². The van der Waals surface area contributed by atoms with E-state index in [4.69, 9.17) is 5.11 Å². The van der Waals surface area contributed by atoms with Crippen LogP contribution in [0.25, 0.3) is 0 Å². The highest BCUT2D eigenvalue weighted by Crippen LogP contribution is 2.08. The van der Waals surface area contributed by atoms with Crippen molar-refractivity contribution in [3.8, 4) is 0 Å². The minimum atomic E-state index is -0.922. The largest absolute Gasteiger partial charge is 0.481 e. The van der Waals surface area contributed by atoms with Crippen LogP contribution in [0.4, 0.5) is 0 Å². The van der Waals surface area contributed by atoms with Crippen LogP contribution < -0.4 is 5.32 Å². The number of carboxylic acids is 1. The molecule has 2 N–H and O–H groups in total. The van der Waals surface area contributed by atoms with Crippen molar-refractivity contribution >= 4 is 17.8 Å². The molecule has 0 saturated carbocycles. The molecule has 16 heavy (non-hydrogen) atoms. The fraction of sp³-hybridized carbons (Fsp3) is 0.700. The molecule has 2 amide bonds. The molecule has 0 heterocycles. The molecule has 1 atom stereocenters. The lowest BCUT2D eigenvalue weighted by molar-refractivity contribution is -0.139. The molecule has 0 aromatic rings. The van der Waals surface area contributed by atoms with Gasteiger partial charge in [-0.15, -0.1) is 0 Å². The van der Waals surface area contributed by atoms with Crippen LogP contribution in [0.15, 0.2) is 0 Å². The van der Waals surface area contributed by atoms with Gasteiger partial charge in [-0.3, -0.25) is 14.4 Å². The van der Waals surface area contributed by atoms with Crippen LogP contribution in [0, 0.1) is 5.92 Å². The van der Waals surface area contributed by atoms with Crippen LogP contribution in [0.1, 0.15) is 19.8 Å². The zero-order valence-corrected chi connectivity index (χ0v) is 9.82. The molecule has 0 aliphatic rings. The van der Waals surface area contributed by atoms with Crippen molar-refractivity contribution in [3.63, 3.8) is 0 Å². The summed E-state index contributed by atoms with van der Waals surface area (Å²) in [7, 11) is 3.01. The molecule has 0 spiro atoms. The Kier molecular flexibility index (Phi) is 6.14. The molecule has 0 aromatic carbocycles. The van der Waals surface area contributed by atoms with E-state index in [0.717, 1.165) is 0 Å². The van der Waals surface area contributed by atoms with Crippen molar-refractivity contribution in [1.29, 1.82) is 0 Å². The van der Waals surface area contributed by atoms with Crippen molar-refractivity contribution in [2.24, 2.45) is 5.92 Å². The van der Waals surface area contributed by atoms with Gasteiger partial charge < -0.3 is 15.3 Å². The van der Waals surface area contributed by atoms with Gasteiger partial charge in [0.15, 0.2) is 0 Å². The minimum Gasteiger partial charge on any atom is -0.481 e. The zero-order valence-electron chi connectivity index (χ0n) is 9.82. The molecule has 0 aliphatic heterocycles. The average molecular weight is 230 g/mol. The Labute approximate surface area is 94.6 Å². The second-order valence-corrected chi connectivity index (χ2v) is 3.83. The van der Waals surface area contributed by atoms with Crippen LogP contribution in [-0.4, -0.2) is 48.4 Å². The standard InChI is InChI=1S/C10H18N2O4/c1-7(5-10(15)16)4-9(14)12(3)6-8(13)11-2/h7H,4-6H2,1-3H3,(H,11,13)(H,15,16). The van der Waals surface area contributed by atoms with Crippen LogP contribution >= 0.6 is 0 Å². The number of rotatable bonds is 6. The van der Waals surface area contributed by atoms with Gasteiger partial charge in [-0.25, -0.2) is 0 Å². The molecule has 0 fully saturated rings. The Morgan fingerprint density at radius 3 is 2.31 bits per heavy atom. The number of likely N-dealkylation sites (N-methyl/N-ethyl adjacent to an activating group) is 2. The maximum Gasteiger partial charge on any atom is 0.303 e. The Morgan fingerprint density at radius 2 is 1.88 bits per heavy atom. The molecule has 0 rings (SSSR count). The Morgan fingerprint density at radius 1 is 1.31 bits per heavy atom. The number of nitrogens with zero attached hydrogens (tertiary/aromatic N) is 1. The summed E-state index contributed by atoms with van der Waals surface area (Å²) in [6.45, 7) is 1.69. The van der Waals surface area contributed by atoms with Gasteiger partial charge in [0.05, 0.1) is 6.54 Å². The van der Waals surface area contributed by atoms with E-state index in [-0.39, 0.29) is 37.1 Å². The molecule has 0 aromatic heterocycles. The quantitative estimate of drug-likeness (QED) is 0.655. The van der Waals surface area contributed by atoms with Crippen molar-refractivity contribution in [2.45, 2.75) is 19.8 Å². The second-order valence-electron chi connectivity index (χ2n) is 3.83. The SMILES string of the molecule is CNC(=O)CN(C)C(=O)CC(C)CC(=O)O. The molecule has 1 unspecified atom stereocenters. The normalized spacial score (nSPS) is 11.7. The lowest BCUT2D eigenvalue weighted by Crippen LogP contribution is -2.37. The summed E-state index contributed by atoms with van der Waals surface area (Å²) in [5, 5.41) is 10.9. The smallest absolute Gasteiger partial charge is 0.303 e. The number of nitrogens with one attached hydrogen (secondary N) is 1. The highest BCUT2D eigenvalue weighted by Gasteiger charge is 2.17. The summed E-state index contributed by atoms with van der Waals surface area (Å²) in [5.74, 6) is -1.62. The molecule has 92 valence electrons. The van der Waals surface area contributed by atoms with Gasteiger partial charge in [0, 0.05) is 26.9 Å². The minimum absolute atomic E-state index is 0.00484. The molecular formula is C10H18N2O4. The van der Waals surface area contributed by atoms with E-state index in [9.17, 15) is 14.4 Å². The fourth-order valence-corrected chi connectivity index (χ4v) is 1.21. The van der Waals surface area contributed by atoms with Gasteiger partial charge in [0.25, 0.3) is 0 Å². The van der Waals surface area contributed by atoms with Gasteiger partial charge in [-0.05, 0) is 5.92 Å². The van der Waals surface area contributed by atoms with E-state index < -0.39 is 5.97 Å². The number of hydrogen-bond acceptors (Lipinski definition) is 3. The topological polar surface area (TPSA) is 86.7 Å². The van der Waals surface area contributed by atoms with Crippen molar-refractivity contribution in [3.05, 3.63) is 0 Å². The van der Waals surface area contributed by atoms with Gasteiger partial charge in [-0.2, -0.15) is 0 Å². The van der Waals surface area contributed by atoms with E-state index >= 15 is 0 Å². The summed E-state index contributed by atoms with van der Waals surface area (Å²) < 4.78 is 0. The molecule has 0 radical (unpaired) electrons. The maximum absolute atomic E-state index is 11.5. The highest BCUT2D eigenvalue weighted by molar-refractivity contribution is 5.84. The summed E-state index contributed by atoms with van der Waals surface area (Å²) >= 11 is 0. The Balaban J connectivity index is 4.04. The van der Waals surface area contributed by atoms with Gasteiger partial charge >= 0.3 is 5.97 Å². The lowest BCUT2D eigenvalue weighted by Gasteiger charge is -2.17. The molecule has 0 aliphatic carbocycles. The third kappa shape index (κ3) is 6.00. The van der Waals surface area contributed by atoms with E-state index in [0.29, 0.717) is 0 Å². The molecular weight excluding hydrogens is 212 g/mol. The van der Waals surface area contributed by atoms with E-state index in [2.05, 4.69) is 5.32 Å². The summed E-state index contributed by atoms with van der Waals surface area (Å²) in [4.78, 5) is 34.2. The van der Waals surface area contributed by atoms with E-state index in [1.54, 1.807) is 6.92 Å². The van der Waals surface area contributed by atoms with Gasteiger partial charge in [0.2, 0.25) is 11.8 Å². The first-order chi connectivity index (χ1) is 7.36. The van der Waals surface area contributed by atoms with Crippen LogP contribution in [0.5, 0.6) is 0 Å². The summed E-state index contributed by atoms with van der Waals surface area (Å²) in [5.41, 5.74) is 0. The number of carbonyl (C=O) groups is 3. The summed E-state index contributed by atoms with van der Waals surface area (Å²) in [6, 6.07) is 0. The Bertz CT molecular complexity index is 278. The van der Waals surface area contributed by atoms with Gasteiger partial charge in [0.1, 0.15) is 0 Å². The first-order valence-electron chi connectivity index (χ1n) is 5.03. The average Bonchev–Trinajstić information content (AvgIpc) is 2.15. The maximum atomic E-state index is 11.5. The van der Waals surface area contributed by atoms with E-state index in [1.165, 1.54) is 19.0 Å². The number of carbonyl (C=O) groups excluding carboxylic acids is 2. The first-order valence-corrected chi connectivity index (χ1v) is 5.03. The molecule has 0 bridgehead atoms. The zero-order chi connectivity index (χ0) is 12.7. The number of aliphatic carboxylic acids is 1. The monoisotopic (exact) mass is 230 g/mol. The molecule has 6 nitrogen and oxygen atoms in total. The van der Waals surface area contributed by atoms with Crippen molar-refractivity contribution in [1.82, 2.24) is 10.2 Å². The third-order valence-electron chi connectivity index (χ3n) is 2.13. The predicted octanol–water partition coefficient (Wildman–Crippen LogP) is -0.308. The first kappa shape index (κ1) is 14.4. The number of carboxylic acid groups (broad SMARTS) is 1. The van der Waals surface area contributed by atoms with Crippen LogP contribution in [-0.2, 0) is 14.4 Å².